The number of pyridine rings is 1. The van der Waals surface area contributed by atoms with Gasteiger partial charge in [0.15, 0.2) is 0 Å². The van der Waals surface area contributed by atoms with Crippen LogP contribution in [-0.4, -0.2) is 50.5 Å². The molecule has 2 aliphatic heterocycles. The first kappa shape index (κ1) is 31.5. The highest BCUT2D eigenvalue weighted by Crippen LogP contribution is 2.52. The molecule has 44 heavy (non-hydrogen) atoms. The van der Waals surface area contributed by atoms with Crippen LogP contribution in [0.25, 0.3) is 0 Å². The van der Waals surface area contributed by atoms with Gasteiger partial charge in [-0.3, -0.25) is 24.8 Å². The number of benzene rings is 1. The fourth-order valence-corrected chi connectivity index (χ4v) is 6.44. The summed E-state index contributed by atoms with van der Waals surface area (Å²) in [5, 5.41) is 6.09. The number of nitrogens with zero attached hydrogens (tertiary/aromatic N) is 3. The Labute approximate surface area is 260 Å². The van der Waals surface area contributed by atoms with Gasteiger partial charge in [0.25, 0.3) is 0 Å². The highest BCUT2D eigenvalue weighted by molar-refractivity contribution is 6.05. The Hall–Kier alpha value is -3.95. The number of carbonyl (C=O) groups excluding carboxylic acids is 3. The molecule has 3 aliphatic rings. The van der Waals surface area contributed by atoms with Gasteiger partial charge >= 0.3 is 6.09 Å². The van der Waals surface area contributed by atoms with Gasteiger partial charge in [-0.1, -0.05) is 38.1 Å². The molecule has 2 aromatic rings. The number of fused-ring (bicyclic) bond motifs is 1. The monoisotopic (exact) mass is 603 g/mol. The van der Waals surface area contributed by atoms with Crippen LogP contribution in [0.4, 0.5) is 4.79 Å². The SMILES string of the molecule is CCC1(CC)CC(=O)N(C(c2cccnc2)[C@H]2C[C@@H]2C(=O)N[C@H]2CC(C)(C)Oc3ccccc32)C(NC(=O)OC(C)(C)C)=N1. The molecular formula is C34H45N5O5. The lowest BCUT2D eigenvalue weighted by atomic mass is 9.87. The Balaban J connectivity index is 1.45. The van der Waals surface area contributed by atoms with E-state index in [2.05, 4.69) is 15.6 Å². The van der Waals surface area contributed by atoms with Gasteiger partial charge in [0, 0.05) is 30.3 Å². The summed E-state index contributed by atoms with van der Waals surface area (Å²) >= 11 is 0. The van der Waals surface area contributed by atoms with Gasteiger partial charge in [-0.15, -0.1) is 0 Å². The van der Waals surface area contributed by atoms with Gasteiger partial charge in [0.1, 0.15) is 17.0 Å². The molecule has 1 unspecified atom stereocenters. The highest BCUT2D eigenvalue weighted by Gasteiger charge is 2.54. The Bertz CT molecular complexity index is 1430. The molecule has 10 nitrogen and oxygen atoms in total. The summed E-state index contributed by atoms with van der Waals surface area (Å²) in [5.41, 5.74) is -0.0735. The van der Waals surface area contributed by atoms with Crippen molar-refractivity contribution in [2.75, 3.05) is 0 Å². The van der Waals surface area contributed by atoms with E-state index in [9.17, 15) is 14.4 Å². The predicted octanol–water partition coefficient (Wildman–Crippen LogP) is 5.85. The summed E-state index contributed by atoms with van der Waals surface area (Å²) in [5.74, 6) is 0.165. The normalized spacial score (nSPS) is 24.2. The highest BCUT2D eigenvalue weighted by atomic mass is 16.6. The van der Waals surface area contributed by atoms with Gasteiger partial charge in [-0.25, -0.2) is 9.79 Å². The Morgan fingerprint density at radius 3 is 2.52 bits per heavy atom. The van der Waals surface area contributed by atoms with Crippen molar-refractivity contribution in [1.82, 2.24) is 20.5 Å². The van der Waals surface area contributed by atoms with Crippen LogP contribution in [0, 0.1) is 11.8 Å². The predicted molar refractivity (Wildman–Crippen MR) is 167 cm³/mol. The topological polar surface area (TPSA) is 122 Å². The van der Waals surface area contributed by atoms with E-state index >= 15 is 0 Å². The van der Waals surface area contributed by atoms with Crippen LogP contribution >= 0.6 is 0 Å². The van der Waals surface area contributed by atoms with E-state index in [1.165, 1.54) is 0 Å². The molecule has 3 amide bonds. The summed E-state index contributed by atoms with van der Waals surface area (Å²) in [7, 11) is 0. The fourth-order valence-electron chi connectivity index (χ4n) is 6.44. The summed E-state index contributed by atoms with van der Waals surface area (Å²) in [6.07, 6.45) is 5.39. The van der Waals surface area contributed by atoms with Crippen LogP contribution in [0.1, 0.15) is 104 Å². The molecule has 1 saturated carbocycles. The molecule has 4 atom stereocenters. The third-order valence-electron chi connectivity index (χ3n) is 8.83. The number of amides is 3. The maximum atomic E-state index is 14.1. The van der Waals surface area contributed by atoms with Crippen LogP contribution in [0.2, 0.25) is 0 Å². The largest absolute Gasteiger partial charge is 0.487 e. The van der Waals surface area contributed by atoms with Gasteiger partial charge in [-0.05, 0) is 77.5 Å². The van der Waals surface area contributed by atoms with Crippen LogP contribution in [0.5, 0.6) is 5.75 Å². The molecule has 1 aromatic carbocycles. The lowest BCUT2D eigenvalue weighted by molar-refractivity contribution is -0.133. The molecule has 2 N–H and O–H groups in total. The van der Waals surface area contributed by atoms with Crippen molar-refractivity contribution in [3.63, 3.8) is 0 Å². The smallest absolute Gasteiger partial charge is 0.414 e. The maximum Gasteiger partial charge on any atom is 0.414 e. The lowest BCUT2D eigenvalue weighted by Crippen LogP contribution is -2.56. The van der Waals surface area contributed by atoms with Gasteiger partial charge < -0.3 is 14.8 Å². The van der Waals surface area contributed by atoms with E-state index in [0.29, 0.717) is 25.7 Å². The number of alkyl carbamates (subject to hydrolysis) is 1. The van der Waals surface area contributed by atoms with Crippen LogP contribution in [0.3, 0.4) is 0 Å². The van der Waals surface area contributed by atoms with Gasteiger partial charge in [-0.2, -0.15) is 0 Å². The minimum atomic E-state index is -0.736. The number of hydrogen-bond acceptors (Lipinski definition) is 7. The average Bonchev–Trinajstić information content (AvgIpc) is 3.74. The number of nitrogens with one attached hydrogen (secondary N) is 2. The molecule has 5 rings (SSSR count). The molecule has 1 aromatic heterocycles. The van der Waals surface area contributed by atoms with E-state index in [-0.39, 0.29) is 42.1 Å². The van der Waals surface area contributed by atoms with Crippen molar-refractivity contribution in [3.05, 3.63) is 59.9 Å². The summed E-state index contributed by atoms with van der Waals surface area (Å²) < 4.78 is 11.7. The zero-order valence-corrected chi connectivity index (χ0v) is 26.8. The summed E-state index contributed by atoms with van der Waals surface area (Å²) in [4.78, 5) is 51.8. The number of carbonyl (C=O) groups is 3. The first-order valence-electron chi connectivity index (χ1n) is 15.6. The Morgan fingerprint density at radius 1 is 1.14 bits per heavy atom. The van der Waals surface area contributed by atoms with Crippen molar-refractivity contribution in [1.29, 1.82) is 0 Å². The first-order valence-corrected chi connectivity index (χ1v) is 15.6. The minimum absolute atomic E-state index is 0.0686. The van der Waals surface area contributed by atoms with Crippen molar-refractivity contribution < 1.29 is 23.9 Å². The van der Waals surface area contributed by atoms with Crippen molar-refractivity contribution >= 4 is 23.9 Å². The quantitative estimate of drug-likeness (QED) is 0.410. The first-order chi connectivity index (χ1) is 20.7. The summed E-state index contributed by atoms with van der Waals surface area (Å²) in [6.45, 7) is 13.4. The fraction of sp³-hybridized carbons (Fsp3) is 0.559. The zero-order valence-electron chi connectivity index (χ0n) is 26.8. The standard InChI is InChI=1S/C34H45N5O5/c1-8-34(9-2)19-27(40)39(30(38-34)37-31(42)44-32(3,4)5)28(21-13-12-16-35-20-21)23-17-24(23)29(41)36-25-18-33(6,7)43-26-15-11-10-14-22(25)26/h10-16,20,23-25,28H,8-9,17-19H2,1-7H3,(H,36,41)(H,37,38,42)/t23-,24-,25-,28?/m0/s1. The Kier molecular flexibility index (Phi) is 8.48. The molecular weight excluding hydrogens is 558 g/mol. The van der Waals surface area contributed by atoms with E-state index < -0.39 is 28.9 Å². The van der Waals surface area contributed by atoms with Crippen molar-refractivity contribution in [2.45, 2.75) is 109 Å². The van der Waals surface area contributed by atoms with E-state index in [1.54, 1.807) is 38.1 Å². The minimum Gasteiger partial charge on any atom is -0.487 e. The van der Waals surface area contributed by atoms with E-state index in [4.69, 9.17) is 14.5 Å². The number of aliphatic imine (C=N–C) groups is 1. The number of para-hydroxylation sites is 1. The van der Waals surface area contributed by atoms with E-state index in [1.807, 2.05) is 64.1 Å². The third kappa shape index (κ3) is 6.74. The third-order valence-corrected chi connectivity index (χ3v) is 8.83. The van der Waals surface area contributed by atoms with Crippen LogP contribution in [0.15, 0.2) is 53.8 Å². The average molecular weight is 604 g/mol. The van der Waals surface area contributed by atoms with Crippen molar-refractivity contribution in [3.8, 4) is 5.75 Å². The Morgan fingerprint density at radius 2 is 1.86 bits per heavy atom. The van der Waals surface area contributed by atoms with Gasteiger partial charge in [0.05, 0.1) is 24.0 Å². The second-order valence-electron chi connectivity index (χ2n) is 13.8. The summed E-state index contributed by atoms with van der Waals surface area (Å²) in [6, 6.07) is 10.8. The van der Waals surface area contributed by atoms with Gasteiger partial charge in [0.2, 0.25) is 17.8 Å². The second-order valence-corrected chi connectivity index (χ2v) is 13.8. The molecule has 10 heteroatoms. The molecule has 1 fully saturated rings. The van der Waals surface area contributed by atoms with Crippen LogP contribution in [-0.2, 0) is 14.3 Å². The second kappa shape index (κ2) is 11.9. The van der Waals surface area contributed by atoms with Crippen LogP contribution < -0.4 is 15.4 Å². The van der Waals surface area contributed by atoms with Crippen molar-refractivity contribution in [2.24, 2.45) is 16.8 Å². The molecule has 0 radical (unpaired) electrons. The molecule has 0 spiro atoms. The molecule has 1 aliphatic carbocycles. The number of ether oxygens (including phenoxy) is 2. The number of rotatable bonds is 7. The lowest BCUT2D eigenvalue weighted by Gasteiger charge is -2.41. The zero-order chi connectivity index (χ0) is 31.9. The van der Waals surface area contributed by atoms with E-state index in [0.717, 1.165) is 16.9 Å². The number of aromatic nitrogens is 1. The maximum absolute atomic E-state index is 14.1. The number of hydrogen-bond donors (Lipinski definition) is 2. The molecule has 236 valence electrons. The molecule has 0 bridgehead atoms. The molecule has 0 saturated heterocycles. The number of guanidine groups is 1. The molecule has 3 heterocycles.